The zero-order valence-electron chi connectivity index (χ0n) is 20.6. The molecule has 1 aromatic heterocycles. The van der Waals surface area contributed by atoms with Gasteiger partial charge in [0.15, 0.2) is 0 Å². The highest BCUT2D eigenvalue weighted by molar-refractivity contribution is 5.68. The molecule has 2 heterocycles. The molecule has 8 nitrogen and oxygen atoms in total. The molecule has 1 saturated heterocycles. The first-order chi connectivity index (χ1) is 17.4. The monoisotopic (exact) mass is 513 g/mol. The fraction of sp³-hybridized carbons (Fsp3) is 0.385. The van der Waals surface area contributed by atoms with Crippen LogP contribution < -0.4 is 0 Å². The Balaban J connectivity index is 1.54. The Hall–Kier alpha value is -3.91. The number of carbonyl (C=O) groups is 1. The molecule has 4 rings (SSSR count). The molecule has 1 aliphatic rings. The van der Waals surface area contributed by atoms with E-state index in [1.54, 1.807) is 49.8 Å². The van der Waals surface area contributed by atoms with E-state index in [0.717, 1.165) is 17.7 Å². The maximum Gasteiger partial charge on any atom is 0.416 e. The number of amides is 1. The van der Waals surface area contributed by atoms with E-state index in [2.05, 4.69) is 16.4 Å². The molecule has 0 spiro atoms. The Kier molecular flexibility index (Phi) is 7.23. The van der Waals surface area contributed by atoms with E-state index in [4.69, 9.17) is 9.47 Å². The predicted octanol–water partition coefficient (Wildman–Crippen LogP) is 5.21. The second-order valence-electron chi connectivity index (χ2n) is 9.77. The van der Waals surface area contributed by atoms with E-state index in [0.29, 0.717) is 16.8 Å². The molecule has 0 N–H and O–H groups in total. The molecule has 0 radical (unpaired) electrons. The molecule has 0 aliphatic carbocycles. The van der Waals surface area contributed by atoms with Crippen LogP contribution in [0.25, 0.3) is 11.3 Å². The first-order valence-electron chi connectivity index (χ1n) is 11.6. The highest BCUT2D eigenvalue weighted by Crippen LogP contribution is 2.31. The van der Waals surface area contributed by atoms with Gasteiger partial charge >= 0.3 is 12.3 Å². The van der Waals surface area contributed by atoms with Gasteiger partial charge in [0.1, 0.15) is 11.3 Å². The van der Waals surface area contributed by atoms with Crippen molar-refractivity contribution in [3.05, 3.63) is 71.4 Å². The summed E-state index contributed by atoms with van der Waals surface area (Å²) in [7, 11) is 0. The third kappa shape index (κ3) is 6.46. The van der Waals surface area contributed by atoms with Gasteiger partial charge in [-0.15, -0.1) is 5.10 Å². The third-order valence-electron chi connectivity index (χ3n) is 5.77. The molecule has 1 fully saturated rings. The van der Waals surface area contributed by atoms with Gasteiger partial charge < -0.3 is 14.4 Å². The van der Waals surface area contributed by atoms with Crippen molar-refractivity contribution in [2.45, 2.75) is 51.3 Å². The van der Waals surface area contributed by atoms with E-state index >= 15 is 0 Å². The zero-order chi connectivity index (χ0) is 26.8. The molecule has 0 saturated carbocycles. The van der Waals surface area contributed by atoms with Crippen molar-refractivity contribution in [3.63, 3.8) is 0 Å². The second-order valence-corrected chi connectivity index (χ2v) is 9.77. The zero-order valence-corrected chi connectivity index (χ0v) is 20.6. The number of nitrogens with zero attached hydrogens (tertiary/aromatic N) is 5. The minimum Gasteiger partial charge on any atom is -0.444 e. The van der Waals surface area contributed by atoms with Crippen molar-refractivity contribution in [1.29, 1.82) is 5.26 Å². The van der Waals surface area contributed by atoms with Gasteiger partial charge in [0.05, 0.1) is 48.7 Å². The molecule has 3 aromatic rings. The van der Waals surface area contributed by atoms with E-state index in [-0.39, 0.29) is 19.7 Å². The van der Waals surface area contributed by atoms with Crippen molar-refractivity contribution < 1.29 is 27.4 Å². The first kappa shape index (κ1) is 26.2. The number of benzene rings is 2. The quantitative estimate of drug-likeness (QED) is 0.465. The van der Waals surface area contributed by atoms with Crippen LogP contribution in [0.4, 0.5) is 18.0 Å². The minimum atomic E-state index is -4.42. The normalized spacial score (nSPS) is 18.0. The van der Waals surface area contributed by atoms with Crippen molar-refractivity contribution in [3.8, 4) is 17.3 Å². The molecule has 194 valence electrons. The van der Waals surface area contributed by atoms with E-state index in [9.17, 15) is 23.2 Å². The van der Waals surface area contributed by atoms with E-state index in [1.165, 1.54) is 17.0 Å². The average molecular weight is 514 g/mol. The van der Waals surface area contributed by atoms with Crippen LogP contribution in [0.15, 0.2) is 54.7 Å². The minimum absolute atomic E-state index is 0.0488. The van der Waals surface area contributed by atoms with Crippen molar-refractivity contribution in [1.82, 2.24) is 19.9 Å². The standard InChI is InChI=1S/C26H26F3N5O3/c1-25(2,3)37-24(35)33-14-22(34-13-21(31-32-34)19-6-4-5-18(11-19)12-30)23(15-33)36-16-17-7-9-20(10-8-17)26(27,28)29/h4-11,13,22-23H,14-16H2,1-3H3/t22-,23-/m1/s1. The summed E-state index contributed by atoms with van der Waals surface area (Å²) in [5.41, 5.74) is 0.903. The summed E-state index contributed by atoms with van der Waals surface area (Å²) in [6, 6.07) is 13.4. The molecule has 1 aliphatic heterocycles. The van der Waals surface area contributed by atoms with Crippen molar-refractivity contribution in [2.75, 3.05) is 13.1 Å². The summed E-state index contributed by atoms with van der Waals surface area (Å²) >= 11 is 0. The van der Waals surface area contributed by atoms with Gasteiger partial charge in [-0.1, -0.05) is 29.5 Å². The van der Waals surface area contributed by atoms with Gasteiger partial charge in [-0.2, -0.15) is 18.4 Å². The number of rotatable bonds is 5. The van der Waals surface area contributed by atoms with Crippen LogP contribution in [0.3, 0.4) is 0 Å². The second kappa shape index (κ2) is 10.2. The topological polar surface area (TPSA) is 93.3 Å². The van der Waals surface area contributed by atoms with Crippen LogP contribution in [-0.4, -0.2) is 50.8 Å². The Labute approximate surface area is 212 Å². The molecule has 2 aromatic carbocycles. The maximum atomic E-state index is 12.9. The number of ether oxygens (including phenoxy) is 2. The average Bonchev–Trinajstić information content (AvgIpc) is 3.49. The Morgan fingerprint density at radius 3 is 2.51 bits per heavy atom. The Morgan fingerprint density at radius 2 is 1.86 bits per heavy atom. The van der Waals surface area contributed by atoms with Crippen LogP contribution in [0.5, 0.6) is 0 Å². The Morgan fingerprint density at radius 1 is 1.14 bits per heavy atom. The van der Waals surface area contributed by atoms with Crippen LogP contribution in [0.1, 0.15) is 43.5 Å². The largest absolute Gasteiger partial charge is 0.444 e. The number of carbonyl (C=O) groups excluding carboxylic acids is 1. The molecular weight excluding hydrogens is 487 g/mol. The van der Waals surface area contributed by atoms with Crippen molar-refractivity contribution in [2.24, 2.45) is 0 Å². The lowest BCUT2D eigenvalue weighted by atomic mass is 10.1. The molecule has 1 amide bonds. The summed E-state index contributed by atoms with van der Waals surface area (Å²) in [4.78, 5) is 14.3. The van der Waals surface area contributed by atoms with Crippen molar-refractivity contribution >= 4 is 6.09 Å². The van der Waals surface area contributed by atoms with Gasteiger partial charge in [-0.25, -0.2) is 9.48 Å². The molecular formula is C26H26F3N5O3. The number of nitriles is 1. The number of halogens is 3. The molecule has 2 atom stereocenters. The molecule has 11 heteroatoms. The van der Waals surface area contributed by atoms with Crippen LogP contribution in [0.2, 0.25) is 0 Å². The van der Waals surface area contributed by atoms with E-state index < -0.39 is 35.6 Å². The van der Waals surface area contributed by atoms with Crippen LogP contribution in [-0.2, 0) is 22.3 Å². The predicted molar refractivity (Wildman–Crippen MR) is 127 cm³/mol. The fourth-order valence-electron chi connectivity index (χ4n) is 3.96. The lowest BCUT2D eigenvalue weighted by Gasteiger charge is -2.24. The Bertz CT molecular complexity index is 1290. The summed E-state index contributed by atoms with van der Waals surface area (Å²) in [5, 5.41) is 17.6. The lowest BCUT2D eigenvalue weighted by molar-refractivity contribution is -0.137. The van der Waals surface area contributed by atoms with Crippen LogP contribution in [0, 0.1) is 11.3 Å². The molecule has 37 heavy (non-hydrogen) atoms. The van der Waals surface area contributed by atoms with Gasteiger partial charge in [-0.05, 0) is 50.6 Å². The summed E-state index contributed by atoms with van der Waals surface area (Å²) in [6.07, 6.45) is -3.72. The van der Waals surface area contributed by atoms with E-state index in [1.807, 2.05) is 6.07 Å². The number of hydrogen-bond donors (Lipinski definition) is 0. The van der Waals surface area contributed by atoms with Gasteiger partial charge in [0.25, 0.3) is 0 Å². The highest BCUT2D eigenvalue weighted by Gasteiger charge is 2.40. The number of likely N-dealkylation sites (tertiary alicyclic amines) is 1. The van der Waals surface area contributed by atoms with Crippen LogP contribution >= 0.6 is 0 Å². The summed E-state index contributed by atoms with van der Waals surface area (Å²) in [5.74, 6) is 0. The fourth-order valence-corrected chi connectivity index (χ4v) is 3.96. The third-order valence-corrected chi connectivity index (χ3v) is 5.77. The first-order valence-corrected chi connectivity index (χ1v) is 11.6. The number of hydrogen-bond acceptors (Lipinski definition) is 6. The summed E-state index contributed by atoms with van der Waals surface area (Å²) < 4.78 is 51.8. The smallest absolute Gasteiger partial charge is 0.416 e. The molecule has 0 unspecified atom stereocenters. The molecule has 0 bridgehead atoms. The lowest BCUT2D eigenvalue weighted by Crippen LogP contribution is -2.36. The highest BCUT2D eigenvalue weighted by atomic mass is 19.4. The summed E-state index contributed by atoms with van der Waals surface area (Å²) in [6.45, 7) is 5.82. The van der Waals surface area contributed by atoms with Gasteiger partial charge in [-0.3, -0.25) is 0 Å². The SMILES string of the molecule is CC(C)(C)OC(=O)N1C[C@@H](n2cc(-c3cccc(C#N)c3)nn2)[C@H](OCc2ccc(C(F)(F)F)cc2)C1. The van der Waals surface area contributed by atoms with Gasteiger partial charge in [0, 0.05) is 12.1 Å². The number of alkyl halides is 3. The maximum absolute atomic E-state index is 12.9. The number of aromatic nitrogens is 3. The van der Waals surface area contributed by atoms with Gasteiger partial charge in [0.2, 0.25) is 0 Å².